The number of carbonyl (C=O) groups excluding carboxylic acids is 2. The summed E-state index contributed by atoms with van der Waals surface area (Å²) in [6, 6.07) is 26.1. The number of aryl methyl sites for hydroxylation is 2. The quantitative estimate of drug-likeness (QED) is 0.155. The maximum absolute atomic E-state index is 13.5. The van der Waals surface area contributed by atoms with Crippen LogP contribution in [-0.2, 0) is 27.2 Å². The van der Waals surface area contributed by atoms with Gasteiger partial charge in [-0.05, 0) is 66.8 Å². The molecule has 0 aliphatic heterocycles. The molecule has 0 fully saturated rings. The number of imidazole rings is 1. The third-order valence-corrected chi connectivity index (χ3v) is 6.47. The third-order valence-electron chi connectivity index (χ3n) is 6.47. The van der Waals surface area contributed by atoms with Crippen LogP contribution in [-0.4, -0.2) is 28.0 Å². The molecule has 0 atom stereocenters. The molecule has 0 spiro atoms. The summed E-state index contributed by atoms with van der Waals surface area (Å²) in [6.45, 7) is 1.92. The first-order valence-electron chi connectivity index (χ1n) is 13.1. The van der Waals surface area contributed by atoms with Crippen molar-refractivity contribution in [1.82, 2.24) is 9.55 Å². The Morgan fingerprint density at radius 3 is 2.58 bits per heavy atom. The summed E-state index contributed by atoms with van der Waals surface area (Å²) in [5.41, 5.74) is 3.97. The molecule has 1 heterocycles. The number of esters is 1. The summed E-state index contributed by atoms with van der Waals surface area (Å²) >= 11 is 0. The molecule has 0 unspecified atom stereocenters. The fourth-order valence-corrected chi connectivity index (χ4v) is 4.60. The number of ether oxygens (including phenoxy) is 1. The highest BCUT2D eigenvalue weighted by atomic mass is 19.1. The fourth-order valence-electron chi connectivity index (χ4n) is 4.60. The van der Waals surface area contributed by atoms with Crippen molar-refractivity contribution in [2.75, 3.05) is 17.2 Å². The lowest BCUT2D eigenvalue weighted by Gasteiger charge is -2.16. The molecule has 0 aliphatic rings. The smallest absolute Gasteiger partial charge is 0.315 e. The largest absolute Gasteiger partial charge is 0.466 e. The lowest BCUT2D eigenvalue weighted by atomic mass is 10.1. The predicted octanol–water partition coefficient (Wildman–Crippen LogP) is 6.59. The number of rotatable bonds is 10. The summed E-state index contributed by atoms with van der Waals surface area (Å²) in [4.78, 5) is 29.0. The highest BCUT2D eigenvalue weighted by Gasteiger charge is 2.15. The molecule has 7 nitrogen and oxygen atoms in total. The van der Waals surface area contributed by atoms with Gasteiger partial charge in [0.2, 0.25) is 5.91 Å². The van der Waals surface area contributed by atoms with E-state index >= 15 is 0 Å². The van der Waals surface area contributed by atoms with Crippen LogP contribution < -0.4 is 10.6 Å². The zero-order chi connectivity index (χ0) is 27.9. The van der Waals surface area contributed by atoms with Gasteiger partial charge in [0.15, 0.2) is 0 Å². The Bertz CT molecular complexity index is 1650. The second-order valence-corrected chi connectivity index (χ2v) is 9.25. The van der Waals surface area contributed by atoms with E-state index in [-0.39, 0.29) is 18.8 Å². The molecular formula is C32H29FN4O3. The number of hydrogen-bond acceptors (Lipinski definition) is 5. The molecule has 202 valence electrons. The maximum Gasteiger partial charge on any atom is 0.315 e. The molecule has 1 amide bonds. The Balaban J connectivity index is 1.34. The van der Waals surface area contributed by atoms with Gasteiger partial charge in [0.25, 0.3) is 0 Å². The number of nitrogens with one attached hydrogen (secondary N) is 2. The lowest BCUT2D eigenvalue weighted by Crippen LogP contribution is -2.19. The molecular weight excluding hydrogens is 507 g/mol. The van der Waals surface area contributed by atoms with Crippen molar-refractivity contribution in [3.63, 3.8) is 0 Å². The van der Waals surface area contributed by atoms with Crippen molar-refractivity contribution in [2.45, 2.75) is 26.2 Å². The number of aromatic nitrogens is 2. The van der Waals surface area contributed by atoms with Crippen molar-refractivity contribution in [3.05, 3.63) is 115 Å². The molecule has 5 rings (SSSR count). The molecule has 0 saturated carbocycles. The van der Waals surface area contributed by atoms with Crippen LogP contribution in [0.2, 0.25) is 0 Å². The number of fused-ring (bicyclic) bond motifs is 1. The topological polar surface area (TPSA) is 85.3 Å². The Hall–Kier alpha value is -4.98. The first-order valence-corrected chi connectivity index (χ1v) is 13.1. The number of carbonyl (C=O) groups is 2. The number of benzene rings is 4. The van der Waals surface area contributed by atoms with Crippen molar-refractivity contribution in [2.24, 2.45) is 0 Å². The Kier molecular flexibility index (Phi) is 8.15. The fraction of sp³-hybridized carbons (Fsp3) is 0.156. The minimum atomic E-state index is -0.569. The van der Waals surface area contributed by atoms with Crippen LogP contribution in [0.5, 0.6) is 0 Å². The normalized spacial score (nSPS) is 10.8. The molecule has 40 heavy (non-hydrogen) atoms. The van der Waals surface area contributed by atoms with E-state index in [1.165, 1.54) is 6.07 Å². The Morgan fingerprint density at radius 1 is 0.950 bits per heavy atom. The number of halogens is 1. The van der Waals surface area contributed by atoms with Gasteiger partial charge in [-0.25, -0.2) is 9.37 Å². The van der Waals surface area contributed by atoms with Crippen molar-refractivity contribution < 1.29 is 18.7 Å². The highest BCUT2D eigenvalue weighted by molar-refractivity contribution is 6.10. The van der Waals surface area contributed by atoms with Gasteiger partial charge in [0, 0.05) is 35.6 Å². The first-order chi connectivity index (χ1) is 19.5. The van der Waals surface area contributed by atoms with E-state index in [1.807, 2.05) is 77.5 Å². The van der Waals surface area contributed by atoms with E-state index in [1.54, 1.807) is 25.3 Å². The minimum absolute atomic E-state index is 0.219. The van der Waals surface area contributed by atoms with Crippen LogP contribution in [0.3, 0.4) is 0 Å². The summed E-state index contributed by atoms with van der Waals surface area (Å²) < 4.78 is 20.5. The van der Waals surface area contributed by atoms with Crippen LogP contribution in [0.25, 0.3) is 16.5 Å². The predicted molar refractivity (Wildman–Crippen MR) is 154 cm³/mol. The first kappa shape index (κ1) is 26.6. The van der Waals surface area contributed by atoms with Crippen molar-refractivity contribution in [3.8, 4) is 5.69 Å². The zero-order valence-electron chi connectivity index (χ0n) is 22.1. The number of amides is 1. The second kappa shape index (κ2) is 12.3. The average molecular weight is 537 g/mol. The van der Waals surface area contributed by atoms with Crippen LogP contribution in [0.4, 0.5) is 21.5 Å². The van der Waals surface area contributed by atoms with Gasteiger partial charge in [-0.2, -0.15) is 0 Å². The summed E-state index contributed by atoms with van der Waals surface area (Å²) in [5, 5.41) is 8.10. The summed E-state index contributed by atoms with van der Waals surface area (Å²) in [5.74, 6) is -0.373. The average Bonchev–Trinajstić information content (AvgIpc) is 3.42. The van der Waals surface area contributed by atoms with E-state index in [0.29, 0.717) is 24.2 Å². The van der Waals surface area contributed by atoms with Gasteiger partial charge in [0.05, 0.1) is 18.0 Å². The van der Waals surface area contributed by atoms with Gasteiger partial charge < -0.3 is 19.9 Å². The molecule has 0 bridgehead atoms. The SMILES string of the molecule is CCOC(=O)CC(=O)Nc1c(Nc2ccc(-n3ccnc3CCc3cccc(F)c3)cc2)ccc2ccccc12. The van der Waals surface area contributed by atoms with Crippen LogP contribution in [0.1, 0.15) is 24.7 Å². The molecule has 0 radical (unpaired) electrons. The van der Waals surface area contributed by atoms with E-state index in [2.05, 4.69) is 15.6 Å². The van der Waals surface area contributed by atoms with Gasteiger partial charge in [0.1, 0.15) is 18.1 Å². The van der Waals surface area contributed by atoms with E-state index in [4.69, 9.17) is 4.74 Å². The molecule has 0 saturated heterocycles. The molecule has 8 heteroatoms. The minimum Gasteiger partial charge on any atom is -0.466 e. The summed E-state index contributed by atoms with van der Waals surface area (Å²) in [6.07, 6.45) is 4.65. The third kappa shape index (κ3) is 6.35. The highest BCUT2D eigenvalue weighted by Crippen LogP contribution is 2.34. The second-order valence-electron chi connectivity index (χ2n) is 9.25. The van der Waals surface area contributed by atoms with Gasteiger partial charge in [-0.3, -0.25) is 9.59 Å². The maximum atomic E-state index is 13.5. The van der Waals surface area contributed by atoms with Crippen LogP contribution in [0, 0.1) is 5.82 Å². The van der Waals surface area contributed by atoms with E-state index in [9.17, 15) is 14.0 Å². The zero-order valence-corrected chi connectivity index (χ0v) is 22.1. The number of nitrogens with zero attached hydrogens (tertiary/aromatic N) is 2. The Labute approximate surface area is 231 Å². The number of anilines is 3. The number of hydrogen-bond donors (Lipinski definition) is 2. The van der Waals surface area contributed by atoms with E-state index in [0.717, 1.165) is 33.5 Å². The Morgan fingerprint density at radius 2 is 1.77 bits per heavy atom. The molecule has 4 aromatic carbocycles. The van der Waals surface area contributed by atoms with Crippen molar-refractivity contribution in [1.29, 1.82) is 0 Å². The van der Waals surface area contributed by atoms with Gasteiger partial charge >= 0.3 is 5.97 Å². The standard InChI is InChI=1S/C32H29FN4O3/c1-2-40-31(39)21-30(38)36-32-27-9-4-3-7-23(27)11-16-28(32)35-25-12-14-26(15-13-25)37-19-18-34-29(37)17-10-22-6-5-8-24(33)20-22/h3-9,11-16,18-20,35H,2,10,17,21H2,1H3,(H,36,38). The van der Waals surface area contributed by atoms with Gasteiger partial charge in [-0.15, -0.1) is 0 Å². The van der Waals surface area contributed by atoms with Crippen LogP contribution in [0.15, 0.2) is 97.3 Å². The molecule has 0 aliphatic carbocycles. The lowest BCUT2D eigenvalue weighted by molar-refractivity contribution is -0.145. The molecule has 1 aromatic heterocycles. The van der Waals surface area contributed by atoms with Crippen molar-refractivity contribution >= 4 is 39.7 Å². The van der Waals surface area contributed by atoms with E-state index < -0.39 is 11.9 Å². The van der Waals surface area contributed by atoms with Gasteiger partial charge in [-0.1, -0.05) is 42.5 Å². The van der Waals surface area contributed by atoms with Crippen LogP contribution >= 0.6 is 0 Å². The molecule has 5 aromatic rings. The monoisotopic (exact) mass is 536 g/mol. The summed E-state index contributed by atoms with van der Waals surface area (Å²) in [7, 11) is 0. The molecule has 2 N–H and O–H groups in total.